The van der Waals surface area contributed by atoms with E-state index in [1.54, 1.807) is 18.2 Å². The van der Waals surface area contributed by atoms with Crippen molar-refractivity contribution in [1.82, 2.24) is 0 Å². The van der Waals surface area contributed by atoms with Crippen molar-refractivity contribution in [3.63, 3.8) is 0 Å². The Kier molecular flexibility index (Phi) is 8.00. The van der Waals surface area contributed by atoms with Gasteiger partial charge in [0, 0.05) is 0 Å². The van der Waals surface area contributed by atoms with E-state index < -0.39 is 17.3 Å². The van der Waals surface area contributed by atoms with Crippen LogP contribution in [-0.4, -0.2) is 11.1 Å². The van der Waals surface area contributed by atoms with Gasteiger partial charge in [-0.15, -0.1) is 0 Å². The summed E-state index contributed by atoms with van der Waals surface area (Å²) < 4.78 is 0. The van der Waals surface area contributed by atoms with Crippen molar-refractivity contribution in [2.24, 2.45) is 16.7 Å². The first-order valence-electron chi connectivity index (χ1n) is 14.3. The van der Waals surface area contributed by atoms with Gasteiger partial charge < -0.3 is 5.11 Å². The fourth-order valence-electron chi connectivity index (χ4n) is 7.60. The van der Waals surface area contributed by atoms with Crippen LogP contribution in [0, 0.1) is 62.1 Å². The van der Waals surface area contributed by atoms with Crippen LogP contribution in [0.1, 0.15) is 107 Å². The number of hydrogen-bond donors (Lipinski definition) is 1. The first-order chi connectivity index (χ1) is 18.8. The average molecular weight is 521 g/mol. The van der Waals surface area contributed by atoms with Gasteiger partial charge in [-0.1, -0.05) is 63.8 Å². The lowest BCUT2D eigenvalue weighted by molar-refractivity contribution is -0.142. The molecule has 0 aromatic heterocycles. The molecule has 0 amide bonds. The molecule has 6 nitrogen and oxygen atoms in total. The molecule has 1 aromatic rings. The number of benzene rings is 1. The molecule has 3 fully saturated rings. The van der Waals surface area contributed by atoms with Gasteiger partial charge in [0.25, 0.3) is 0 Å². The number of carboxylic acid groups (broad SMARTS) is 1. The van der Waals surface area contributed by atoms with Gasteiger partial charge in [-0.2, -0.15) is 21.0 Å². The van der Waals surface area contributed by atoms with E-state index in [9.17, 15) is 30.9 Å². The Bertz CT molecular complexity index is 1370. The van der Waals surface area contributed by atoms with Crippen LogP contribution in [0.25, 0.3) is 0 Å². The molecule has 1 N–H and O–H groups in total. The maximum Gasteiger partial charge on any atom is 0.319 e. The van der Waals surface area contributed by atoms with Crippen molar-refractivity contribution >= 4 is 5.97 Å². The smallest absolute Gasteiger partial charge is 0.319 e. The highest BCUT2D eigenvalue weighted by Crippen LogP contribution is 2.63. The molecule has 0 heterocycles. The summed E-state index contributed by atoms with van der Waals surface area (Å²) in [4.78, 5) is 13.1. The molecule has 4 aliphatic carbocycles. The van der Waals surface area contributed by atoms with E-state index in [-0.39, 0.29) is 27.7 Å². The van der Waals surface area contributed by atoms with E-state index in [4.69, 9.17) is 0 Å². The highest BCUT2D eigenvalue weighted by Gasteiger charge is 2.56. The van der Waals surface area contributed by atoms with Gasteiger partial charge in [0.1, 0.15) is 23.5 Å². The molecule has 0 radical (unpaired) electrons. The van der Waals surface area contributed by atoms with Crippen molar-refractivity contribution in [3.05, 3.63) is 57.7 Å². The van der Waals surface area contributed by atoms with Crippen LogP contribution in [0.15, 0.2) is 35.4 Å². The Balaban J connectivity index is 1.81. The van der Waals surface area contributed by atoms with E-state index in [2.05, 4.69) is 31.2 Å². The van der Waals surface area contributed by atoms with Crippen molar-refractivity contribution in [2.75, 3.05) is 0 Å². The first kappa shape index (κ1) is 28.1. The predicted octanol–water partition coefficient (Wildman–Crippen LogP) is 7.16. The van der Waals surface area contributed by atoms with Crippen LogP contribution in [0.5, 0.6) is 0 Å². The van der Waals surface area contributed by atoms with Crippen LogP contribution in [0.2, 0.25) is 0 Å². The molecule has 200 valence electrons. The Hall–Kier alpha value is -3.87. The van der Waals surface area contributed by atoms with Crippen molar-refractivity contribution in [2.45, 2.75) is 96.3 Å². The average Bonchev–Trinajstić information content (AvgIpc) is 2.97. The number of unbranched alkanes of at least 4 members (excludes halogenated alkanes) is 2. The minimum Gasteiger partial charge on any atom is -0.480 e. The molecule has 2 bridgehead atoms. The zero-order chi connectivity index (χ0) is 28.3. The standard InChI is InChI=1S/C33H36N4O2/c1-3-5-6-11-31-13-16-32(17-14-31,18-15-31)27-10-12-33(30(38)39,29(22-37)26(27)21-36)28-9-8-23(7-4-2)24(19-34)25(28)20-35/h8-10,12,29H,3-7,11,13-18H2,1-2H3,(H,38,39). The number of fused-ring (bicyclic) bond motifs is 3. The number of carboxylic acids is 1. The third-order valence-electron chi connectivity index (χ3n) is 9.91. The van der Waals surface area contributed by atoms with Gasteiger partial charge in [-0.25, -0.2) is 0 Å². The summed E-state index contributed by atoms with van der Waals surface area (Å²) in [6, 6.07) is 11.8. The fourth-order valence-corrected chi connectivity index (χ4v) is 7.60. The Morgan fingerprint density at radius 2 is 1.59 bits per heavy atom. The minimum atomic E-state index is -1.94. The van der Waals surface area contributed by atoms with Crippen LogP contribution in [0.4, 0.5) is 0 Å². The highest BCUT2D eigenvalue weighted by molar-refractivity contribution is 5.89. The van der Waals surface area contributed by atoms with Gasteiger partial charge in [0.05, 0.1) is 28.8 Å². The van der Waals surface area contributed by atoms with Crippen LogP contribution in [0.3, 0.4) is 0 Å². The van der Waals surface area contributed by atoms with E-state index in [1.807, 2.05) is 6.92 Å². The highest BCUT2D eigenvalue weighted by atomic mass is 16.4. The van der Waals surface area contributed by atoms with Gasteiger partial charge in [-0.05, 0) is 78.9 Å². The van der Waals surface area contributed by atoms with Crippen molar-refractivity contribution in [1.29, 1.82) is 21.0 Å². The number of carbonyl (C=O) groups is 1. The summed E-state index contributed by atoms with van der Waals surface area (Å²) in [5.74, 6) is -2.61. The lowest BCUT2D eigenvalue weighted by Gasteiger charge is -2.55. The van der Waals surface area contributed by atoms with Crippen LogP contribution < -0.4 is 0 Å². The molecule has 0 aliphatic heterocycles. The maximum atomic E-state index is 13.1. The summed E-state index contributed by atoms with van der Waals surface area (Å²) in [6.45, 7) is 4.19. The second-order valence-corrected chi connectivity index (χ2v) is 11.7. The molecule has 0 saturated heterocycles. The summed E-state index contributed by atoms with van der Waals surface area (Å²) in [7, 11) is 0. The Morgan fingerprint density at radius 1 is 0.923 bits per heavy atom. The lowest BCUT2D eigenvalue weighted by atomic mass is 9.48. The molecule has 2 atom stereocenters. The van der Waals surface area contributed by atoms with Crippen LogP contribution >= 0.6 is 0 Å². The van der Waals surface area contributed by atoms with E-state index >= 15 is 0 Å². The van der Waals surface area contributed by atoms with Gasteiger partial charge in [-0.3, -0.25) is 4.79 Å². The van der Waals surface area contributed by atoms with E-state index in [0.29, 0.717) is 17.4 Å². The second-order valence-electron chi connectivity index (χ2n) is 11.7. The first-order valence-corrected chi connectivity index (χ1v) is 14.3. The third kappa shape index (κ3) is 4.44. The third-order valence-corrected chi connectivity index (χ3v) is 9.91. The van der Waals surface area contributed by atoms with Gasteiger partial charge in [0.15, 0.2) is 0 Å². The SMILES string of the molecule is CCCCCC12CCC(C3=C(C#N)C(C#N)C(C(=O)O)(c4ccc(CCC)c(C#N)c4C#N)C=C3)(CC1)CC2. The van der Waals surface area contributed by atoms with Crippen molar-refractivity contribution < 1.29 is 9.90 Å². The fraction of sp³-hybridized carbons (Fsp3) is 0.545. The molecule has 4 aliphatic rings. The Labute approximate surface area is 231 Å². The molecule has 2 unspecified atom stereocenters. The molecule has 1 aromatic carbocycles. The zero-order valence-corrected chi connectivity index (χ0v) is 23.0. The molecule has 6 heteroatoms. The molecule has 3 saturated carbocycles. The summed E-state index contributed by atoms with van der Waals surface area (Å²) >= 11 is 0. The maximum absolute atomic E-state index is 13.1. The number of hydrogen-bond acceptors (Lipinski definition) is 5. The number of aryl methyl sites for hydroxylation is 1. The molecule has 39 heavy (non-hydrogen) atoms. The molecular formula is C33H36N4O2. The lowest BCUT2D eigenvalue weighted by Crippen LogP contribution is -2.47. The van der Waals surface area contributed by atoms with Gasteiger partial charge in [0.2, 0.25) is 0 Å². The largest absolute Gasteiger partial charge is 0.480 e. The van der Waals surface area contributed by atoms with Crippen LogP contribution in [-0.2, 0) is 16.6 Å². The van der Waals surface area contributed by atoms with Crippen molar-refractivity contribution in [3.8, 4) is 24.3 Å². The monoisotopic (exact) mass is 520 g/mol. The number of rotatable bonds is 9. The Morgan fingerprint density at radius 3 is 2.10 bits per heavy atom. The normalized spacial score (nSPS) is 29.2. The number of nitrogens with zero attached hydrogens (tertiary/aromatic N) is 4. The zero-order valence-electron chi connectivity index (χ0n) is 23.0. The molecule has 0 spiro atoms. The molecule has 5 rings (SSSR count). The number of allylic oxidation sites excluding steroid dienone is 3. The minimum absolute atomic E-state index is 0.0261. The van der Waals surface area contributed by atoms with E-state index in [0.717, 1.165) is 50.5 Å². The quantitative estimate of drug-likeness (QED) is 0.344. The number of aliphatic carboxylic acids is 1. The predicted molar refractivity (Wildman–Crippen MR) is 147 cm³/mol. The summed E-state index contributed by atoms with van der Waals surface area (Å²) in [5.41, 5.74) is 0.107. The van der Waals surface area contributed by atoms with E-state index in [1.165, 1.54) is 31.8 Å². The van der Waals surface area contributed by atoms with Gasteiger partial charge >= 0.3 is 5.97 Å². The topological polar surface area (TPSA) is 132 Å². The summed E-state index contributed by atoms with van der Waals surface area (Å²) in [5, 5.41) is 51.5. The summed E-state index contributed by atoms with van der Waals surface area (Å²) in [6.07, 6.45) is 15.7. The molecular weight excluding hydrogens is 484 g/mol. The second kappa shape index (κ2) is 11.1. The number of nitriles is 4.